The van der Waals surface area contributed by atoms with Gasteiger partial charge in [-0.25, -0.2) is 9.59 Å². The predicted octanol–water partition coefficient (Wildman–Crippen LogP) is 0.658. The number of carbonyl (C=O) groups excluding carboxylic acids is 7. The molecule has 0 radical (unpaired) electrons. The van der Waals surface area contributed by atoms with E-state index in [-0.39, 0.29) is 97.7 Å². The lowest BCUT2D eigenvalue weighted by Crippen LogP contribution is -2.54. The lowest BCUT2D eigenvalue weighted by molar-refractivity contribution is -0.136. The molecule has 5 amide bonds. The summed E-state index contributed by atoms with van der Waals surface area (Å²) in [6.07, 6.45) is 1.22. The number of phenols is 2. The summed E-state index contributed by atoms with van der Waals surface area (Å²) in [6, 6.07) is 7.20. The van der Waals surface area contributed by atoms with Gasteiger partial charge >= 0.3 is 11.9 Å². The highest BCUT2D eigenvalue weighted by Crippen LogP contribution is 2.32. The number of piperidine rings is 1. The van der Waals surface area contributed by atoms with Crippen LogP contribution in [0.3, 0.4) is 0 Å². The molecule has 4 heterocycles. The molecule has 0 aromatic heterocycles. The fourth-order valence-corrected chi connectivity index (χ4v) is 4.32. The van der Waals surface area contributed by atoms with Gasteiger partial charge in [-0.15, -0.1) is 12.4 Å². The van der Waals surface area contributed by atoms with Crippen LogP contribution in [0.4, 0.5) is 0 Å². The predicted molar refractivity (Wildman–Crippen MR) is 161 cm³/mol. The highest BCUT2D eigenvalue weighted by atomic mass is 35.5. The topological polar surface area (TPSA) is 249 Å². The largest absolute Gasteiger partial charge is 0.507 e. The van der Waals surface area contributed by atoms with Crippen molar-refractivity contribution in [3.05, 3.63) is 58.7 Å². The molecule has 0 aliphatic carbocycles. The number of esters is 2. The molecule has 1 fully saturated rings. The smallest absolute Gasteiger partial charge is 0.350 e. The van der Waals surface area contributed by atoms with Gasteiger partial charge < -0.3 is 26.4 Å². The van der Waals surface area contributed by atoms with Crippen LogP contribution in [-0.4, -0.2) is 74.5 Å². The maximum atomic E-state index is 12.2. The number of halogens is 1. The average molecular weight is 652 g/mol. The molecule has 0 bridgehead atoms. The Kier molecular flexibility index (Phi) is 12.8. The lowest BCUT2D eigenvalue weighted by atomic mass is 10.0. The Morgan fingerprint density at radius 1 is 0.841 bits per heavy atom. The number of amidine groups is 1. The maximum absolute atomic E-state index is 12.2. The van der Waals surface area contributed by atoms with Gasteiger partial charge in [0.1, 0.15) is 28.9 Å². The number of cyclic esters (lactones) is 2. The number of rotatable bonds is 1. The summed E-state index contributed by atoms with van der Waals surface area (Å²) in [7, 11) is 0. The number of phenolic OH excluding ortho intramolecular Hbond substituents is 2. The van der Waals surface area contributed by atoms with Crippen molar-refractivity contribution < 1.29 is 48.5 Å². The second-order valence-corrected chi connectivity index (χ2v) is 9.10. The second kappa shape index (κ2) is 15.1. The number of hydrogen-bond donors (Lipinski definition) is 5. The van der Waals surface area contributed by atoms with Crippen molar-refractivity contribution in [1.29, 1.82) is 0 Å². The van der Waals surface area contributed by atoms with E-state index in [0.29, 0.717) is 12.8 Å². The number of amides is 5. The SMILES string of the molecule is C.Cl.NC1=NC(=O)CCC1N.O=C1CCC(N2C(=O)c3cccc(O)c3C2=O)C(=O)N1.O=C1OC(=O)c2c(O)cccc21.S. The van der Waals surface area contributed by atoms with Gasteiger partial charge in [0.15, 0.2) is 0 Å². The monoisotopic (exact) mass is 651 g/mol. The van der Waals surface area contributed by atoms with Gasteiger partial charge in [0.25, 0.3) is 11.8 Å². The summed E-state index contributed by atoms with van der Waals surface area (Å²) in [6.45, 7) is 0. The number of carbonyl (C=O) groups is 7. The first kappa shape index (κ1) is 37.2. The molecule has 236 valence electrons. The fourth-order valence-electron chi connectivity index (χ4n) is 4.32. The first-order valence-corrected chi connectivity index (χ1v) is 12.1. The van der Waals surface area contributed by atoms with Gasteiger partial charge in [0, 0.05) is 12.8 Å². The molecular weight excluding hydrogens is 622 g/mol. The van der Waals surface area contributed by atoms with E-state index in [0.717, 1.165) is 4.90 Å². The van der Waals surface area contributed by atoms with E-state index in [1.54, 1.807) is 0 Å². The summed E-state index contributed by atoms with van der Waals surface area (Å²) in [5, 5.41) is 21.0. The normalized spacial score (nSPS) is 19.6. The number of benzene rings is 2. The van der Waals surface area contributed by atoms with Crippen LogP contribution in [0.1, 0.15) is 74.5 Å². The number of nitrogens with one attached hydrogen (secondary N) is 1. The zero-order valence-electron chi connectivity index (χ0n) is 22.1. The molecule has 2 atom stereocenters. The molecule has 7 N–H and O–H groups in total. The summed E-state index contributed by atoms with van der Waals surface area (Å²) in [5.41, 5.74) is 10.8. The quantitative estimate of drug-likeness (QED) is 0.162. The highest BCUT2D eigenvalue weighted by Gasteiger charge is 2.45. The van der Waals surface area contributed by atoms with Crippen molar-refractivity contribution in [2.45, 2.75) is 45.2 Å². The van der Waals surface area contributed by atoms with Crippen LogP contribution in [-0.2, 0) is 19.1 Å². The molecule has 0 saturated carbocycles. The third-order valence-electron chi connectivity index (χ3n) is 6.40. The second-order valence-electron chi connectivity index (χ2n) is 9.10. The van der Waals surface area contributed by atoms with Crippen molar-refractivity contribution >= 4 is 73.2 Å². The van der Waals surface area contributed by atoms with Crippen LogP contribution in [0.2, 0.25) is 0 Å². The minimum atomic E-state index is -1.01. The van der Waals surface area contributed by atoms with E-state index >= 15 is 0 Å². The van der Waals surface area contributed by atoms with E-state index in [1.807, 2.05) is 0 Å². The number of fused-ring (bicyclic) bond motifs is 2. The van der Waals surface area contributed by atoms with Crippen LogP contribution < -0.4 is 16.8 Å². The van der Waals surface area contributed by atoms with Crippen LogP contribution in [0.25, 0.3) is 0 Å². The van der Waals surface area contributed by atoms with Crippen molar-refractivity contribution in [2.24, 2.45) is 16.5 Å². The van der Waals surface area contributed by atoms with Gasteiger partial charge in [-0.3, -0.25) is 34.2 Å². The first-order valence-electron chi connectivity index (χ1n) is 12.1. The Hall–Kier alpha value is -4.80. The first-order chi connectivity index (χ1) is 19.4. The minimum absolute atomic E-state index is 0. The Labute approximate surface area is 263 Å². The molecule has 1 saturated heterocycles. The Bertz CT molecular complexity index is 1560. The molecule has 2 unspecified atom stereocenters. The van der Waals surface area contributed by atoms with Crippen LogP contribution in [0.5, 0.6) is 11.5 Å². The van der Waals surface area contributed by atoms with Crippen LogP contribution in [0.15, 0.2) is 41.4 Å². The molecule has 4 aliphatic heterocycles. The summed E-state index contributed by atoms with van der Waals surface area (Å²) in [5.74, 6) is -4.33. The van der Waals surface area contributed by atoms with E-state index in [9.17, 15) is 38.7 Å². The third kappa shape index (κ3) is 7.39. The molecule has 2 aromatic carbocycles. The molecule has 6 rings (SSSR count). The lowest BCUT2D eigenvalue weighted by Gasteiger charge is -2.27. The number of aromatic hydroxyl groups is 2. The standard InChI is InChI=1S/C13H10N2O5.C8H4O4.C5H9N3O.CH4.ClH.H2S/c16-8-3-1-2-6-10(8)13(20)15(12(6)19)7-4-5-9(17)14-11(7)18;9-5-3-1-2-4-6(5)8(11)12-7(4)10;6-3-1-2-4(9)8-5(3)7;;;/h1-3,7,16H,4-5H2,(H,14,17,18);1-3,9H;3H,1-2,6H2,(H2,7,8,9);1H4;1H;1H2. The van der Waals surface area contributed by atoms with Crippen molar-refractivity contribution in [2.75, 3.05) is 0 Å². The van der Waals surface area contributed by atoms with Gasteiger partial charge in [-0.05, 0) is 37.1 Å². The van der Waals surface area contributed by atoms with Gasteiger partial charge in [0.2, 0.25) is 17.7 Å². The van der Waals surface area contributed by atoms with E-state index in [4.69, 9.17) is 16.6 Å². The van der Waals surface area contributed by atoms with E-state index in [1.165, 1.54) is 36.4 Å². The molecule has 0 spiro atoms. The Balaban J connectivity index is 0.000000348. The van der Waals surface area contributed by atoms with Crippen LogP contribution in [0, 0.1) is 0 Å². The molecule has 15 nitrogen and oxygen atoms in total. The summed E-state index contributed by atoms with van der Waals surface area (Å²) in [4.78, 5) is 83.9. The molecule has 44 heavy (non-hydrogen) atoms. The van der Waals surface area contributed by atoms with Crippen molar-refractivity contribution in [3.63, 3.8) is 0 Å². The minimum Gasteiger partial charge on any atom is -0.507 e. The summed E-state index contributed by atoms with van der Waals surface area (Å²) < 4.78 is 4.27. The van der Waals surface area contributed by atoms with Crippen molar-refractivity contribution in [1.82, 2.24) is 10.2 Å². The molecular formula is C27H30ClN5O10S. The maximum Gasteiger partial charge on any atom is 0.350 e. The number of hydrogen-bond acceptors (Lipinski definition) is 12. The number of imide groups is 2. The zero-order valence-corrected chi connectivity index (χ0v) is 23.9. The van der Waals surface area contributed by atoms with Gasteiger partial charge in [-0.1, -0.05) is 19.6 Å². The average Bonchev–Trinajstić information content (AvgIpc) is 3.35. The molecule has 4 aliphatic rings. The van der Waals surface area contributed by atoms with Gasteiger partial charge in [-0.2, -0.15) is 18.5 Å². The number of nitrogens with zero attached hydrogens (tertiary/aromatic N) is 2. The van der Waals surface area contributed by atoms with Crippen LogP contribution >= 0.6 is 25.9 Å². The molecule has 17 heteroatoms. The Morgan fingerprint density at radius 2 is 1.43 bits per heavy atom. The van der Waals surface area contributed by atoms with E-state index in [2.05, 4.69) is 15.0 Å². The molecule has 2 aromatic rings. The Morgan fingerprint density at radius 3 is 1.95 bits per heavy atom. The number of aliphatic imine (C=N–C) groups is 1. The fraction of sp³-hybridized carbons (Fsp3) is 0.259. The number of ether oxygens (including phenoxy) is 1. The van der Waals surface area contributed by atoms with Gasteiger partial charge in [0.05, 0.1) is 22.7 Å². The third-order valence-corrected chi connectivity index (χ3v) is 6.40. The zero-order chi connectivity index (χ0) is 30.0. The highest BCUT2D eigenvalue weighted by molar-refractivity contribution is 7.59. The van der Waals surface area contributed by atoms with Crippen molar-refractivity contribution in [3.8, 4) is 11.5 Å². The number of nitrogens with two attached hydrogens (primary N) is 2. The summed E-state index contributed by atoms with van der Waals surface area (Å²) >= 11 is 0. The van der Waals surface area contributed by atoms with E-state index < -0.39 is 41.6 Å².